The highest BCUT2D eigenvalue weighted by molar-refractivity contribution is 5.74. The first-order valence-electron chi connectivity index (χ1n) is 7.70. The van der Waals surface area contributed by atoms with Gasteiger partial charge in [-0.3, -0.25) is 0 Å². The van der Waals surface area contributed by atoms with Gasteiger partial charge >= 0.3 is 6.03 Å². The van der Waals surface area contributed by atoms with Crippen molar-refractivity contribution in [1.82, 2.24) is 10.2 Å². The van der Waals surface area contributed by atoms with Gasteiger partial charge in [0.1, 0.15) is 0 Å². The molecule has 0 radical (unpaired) electrons. The molecular weight excluding hydrogens is 238 g/mol. The van der Waals surface area contributed by atoms with Gasteiger partial charge in [-0.2, -0.15) is 0 Å². The molecule has 3 N–H and O–H groups in total. The van der Waals surface area contributed by atoms with Crippen molar-refractivity contribution in [2.75, 3.05) is 20.6 Å². The lowest BCUT2D eigenvalue weighted by molar-refractivity contribution is -0.0702. The van der Waals surface area contributed by atoms with Crippen molar-refractivity contribution in [2.45, 2.75) is 44.6 Å². The predicted octanol–water partition coefficient (Wildman–Crippen LogP) is 1.80. The van der Waals surface area contributed by atoms with E-state index in [-0.39, 0.29) is 12.1 Å². The van der Waals surface area contributed by atoms with Crippen LogP contribution >= 0.6 is 0 Å². The molecule has 0 heterocycles. The first-order chi connectivity index (χ1) is 9.02. The first kappa shape index (κ1) is 13.2. The van der Waals surface area contributed by atoms with Gasteiger partial charge in [-0.05, 0) is 61.7 Å². The molecule has 0 aliphatic heterocycles. The minimum absolute atomic E-state index is 0.00574. The van der Waals surface area contributed by atoms with Gasteiger partial charge in [0.2, 0.25) is 0 Å². The molecule has 1 atom stereocenters. The van der Waals surface area contributed by atoms with Crippen LogP contribution in [0.1, 0.15) is 38.5 Å². The number of hydrogen-bond donors (Lipinski definition) is 2. The molecule has 4 bridgehead atoms. The molecular formula is C15H27N3O. The van der Waals surface area contributed by atoms with Crippen LogP contribution in [0.3, 0.4) is 0 Å². The largest absolute Gasteiger partial charge is 0.333 e. The van der Waals surface area contributed by atoms with E-state index in [1.54, 1.807) is 19.0 Å². The van der Waals surface area contributed by atoms with Crippen molar-refractivity contribution in [3.63, 3.8) is 0 Å². The SMILES string of the molecule is CN(C)C(=O)NC(CN)C12CC3CC(CC(C3)C1)C2. The van der Waals surface area contributed by atoms with Gasteiger partial charge < -0.3 is 16.0 Å². The summed E-state index contributed by atoms with van der Waals surface area (Å²) in [6.45, 7) is 0.575. The van der Waals surface area contributed by atoms with E-state index in [0.29, 0.717) is 12.0 Å². The van der Waals surface area contributed by atoms with Crippen molar-refractivity contribution in [3.05, 3.63) is 0 Å². The quantitative estimate of drug-likeness (QED) is 0.817. The average molecular weight is 265 g/mol. The molecule has 1 unspecified atom stereocenters. The maximum atomic E-state index is 12.0. The Morgan fingerprint density at radius 3 is 2.05 bits per heavy atom. The number of hydrogen-bond acceptors (Lipinski definition) is 2. The molecule has 0 aromatic rings. The zero-order valence-electron chi connectivity index (χ0n) is 12.2. The van der Waals surface area contributed by atoms with Gasteiger partial charge in [0, 0.05) is 26.7 Å². The van der Waals surface area contributed by atoms with Crippen LogP contribution in [0.25, 0.3) is 0 Å². The van der Waals surface area contributed by atoms with Gasteiger partial charge in [-0.1, -0.05) is 0 Å². The van der Waals surface area contributed by atoms with Crippen LogP contribution in [0, 0.1) is 23.2 Å². The maximum Gasteiger partial charge on any atom is 0.317 e. The Labute approximate surface area is 116 Å². The highest BCUT2D eigenvalue weighted by Gasteiger charge is 2.54. The molecule has 4 rings (SSSR count). The smallest absolute Gasteiger partial charge is 0.317 e. The second kappa shape index (κ2) is 4.65. The Bertz CT molecular complexity index is 331. The number of nitrogens with zero attached hydrogens (tertiary/aromatic N) is 1. The number of carbonyl (C=O) groups is 1. The van der Waals surface area contributed by atoms with Gasteiger partial charge in [-0.25, -0.2) is 4.79 Å². The van der Waals surface area contributed by atoms with Crippen molar-refractivity contribution in [2.24, 2.45) is 28.9 Å². The Morgan fingerprint density at radius 1 is 1.21 bits per heavy atom. The Hall–Kier alpha value is -0.770. The first-order valence-corrected chi connectivity index (χ1v) is 7.70. The van der Waals surface area contributed by atoms with Crippen molar-refractivity contribution in [1.29, 1.82) is 0 Å². The summed E-state index contributed by atoms with van der Waals surface area (Å²) in [5.74, 6) is 2.70. The fourth-order valence-corrected chi connectivity index (χ4v) is 5.34. The van der Waals surface area contributed by atoms with Crippen LogP contribution < -0.4 is 11.1 Å². The van der Waals surface area contributed by atoms with Crippen molar-refractivity contribution >= 4 is 6.03 Å². The molecule has 108 valence electrons. The van der Waals surface area contributed by atoms with Crippen LogP contribution in [-0.4, -0.2) is 37.6 Å². The molecule has 0 saturated heterocycles. The lowest BCUT2D eigenvalue weighted by Gasteiger charge is -2.59. The minimum Gasteiger partial charge on any atom is -0.333 e. The molecule has 2 amide bonds. The van der Waals surface area contributed by atoms with Gasteiger partial charge in [0.05, 0.1) is 0 Å². The summed E-state index contributed by atoms with van der Waals surface area (Å²) >= 11 is 0. The van der Waals surface area contributed by atoms with Crippen LogP contribution in [0.15, 0.2) is 0 Å². The Morgan fingerprint density at radius 2 is 1.68 bits per heavy atom. The standard InChI is InChI=1S/C15H27N3O/c1-18(2)14(19)17-13(9-16)15-6-10-3-11(7-15)5-12(4-10)8-15/h10-13H,3-9,16H2,1-2H3,(H,17,19). The van der Waals surface area contributed by atoms with Crippen LogP contribution in [0.4, 0.5) is 4.79 Å². The number of carbonyl (C=O) groups excluding carboxylic acids is 1. The third kappa shape index (κ3) is 2.24. The highest BCUT2D eigenvalue weighted by atomic mass is 16.2. The fraction of sp³-hybridized carbons (Fsp3) is 0.933. The zero-order valence-corrected chi connectivity index (χ0v) is 12.2. The third-order valence-corrected chi connectivity index (χ3v) is 5.76. The number of nitrogens with two attached hydrogens (primary N) is 1. The fourth-order valence-electron chi connectivity index (χ4n) is 5.34. The van der Waals surface area contributed by atoms with E-state index in [4.69, 9.17) is 5.73 Å². The molecule has 19 heavy (non-hydrogen) atoms. The normalized spacial score (nSPS) is 41.1. The van der Waals surface area contributed by atoms with E-state index in [1.165, 1.54) is 38.5 Å². The van der Waals surface area contributed by atoms with Gasteiger partial charge in [0.15, 0.2) is 0 Å². The maximum absolute atomic E-state index is 12.0. The molecule has 4 aliphatic carbocycles. The Balaban J connectivity index is 1.77. The third-order valence-electron chi connectivity index (χ3n) is 5.76. The molecule has 4 nitrogen and oxygen atoms in total. The number of urea groups is 1. The summed E-state index contributed by atoms with van der Waals surface area (Å²) in [6.07, 6.45) is 8.15. The van der Waals surface area contributed by atoms with E-state index < -0.39 is 0 Å². The average Bonchev–Trinajstić information content (AvgIpc) is 2.33. The van der Waals surface area contributed by atoms with Crippen LogP contribution in [0.5, 0.6) is 0 Å². The van der Waals surface area contributed by atoms with E-state index >= 15 is 0 Å². The van der Waals surface area contributed by atoms with Gasteiger partial charge in [-0.15, -0.1) is 0 Å². The second-order valence-corrected chi connectivity index (χ2v) is 7.41. The number of nitrogens with one attached hydrogen (secondary N) is 1. The summed E-state index contributed by atoms with van der Waals surface area (Å²) in [7, 11) is 3.59. The van der Waals surface area contributed by atoms with Crippen LogP contribution in [0.2, 0.25) is 0 Å². The topological polar surface area (TPSA) is 58.4 Å². The number of rotatable bonds is 3. The molecule has 0 aromatic heterocycles. The monoisotopic (exact) mass is 265 g/mol. The summed E-state index contributed by atoms with van der Waals surface area (Å²) in [5.41, 5.74) is 6.31. The lowest BCUT2D eigenvalue weighted by Crippen LogP contribution is -2.60. The van der Waals surface area contributed by atoms with E-state index in [1.807, 2.05) is 0 Å². The van der Waals surface area contributed by atoms with E-state index in [0.717, 1.165) is 17.8 Å². The van der Waals surface area contributed by atoms with E-state index in [9.17, 15) is 4.79 Å². The molecule has 4 aliphatic rings. The molecule has 4 heteroatoms. The van der Waals surface area contributed by atoms with Gasteiger partial charge in [0.25, 0.3) is 0 Å². The predicted molar refractivity (Wildman–Crippen MR) is 75.7 cm³/mol. The lowest BCUT2D eigenvalue weighted by atomic mass is 9.47. The summed E-state index contributed by atoms with van der Waals surface area (Å²) in [5, 5.41) is 3.19. The van der Waals surface area contributed by atoms with Crippen molar-refractivity contribution in [3.8, 4) is 0 Å². The van der Waals surface area contributed by atoms with Crippen LogP contribution in [-0.2, 0) is 0 Å². The van der Waals surface area contributed by atoms with E-state index in [2.05, 4.69) is 5.32 Å². The molecule has 0 spiro atoms. The van der Waals surface area contributed by atoms with Crippen molar-refractivity contribution < 1.29 is 4.79 Å². The Kier molecular flexibility index (Phi) is 3.24. The molecule has 4 saturated carbocycles. The highest BCUT2D eigenvalue weighted by Crippen LogP contribution is 2.61. The summed E-state index contributed by atoms with van der Waals surface area (Å²) in [6, 6.07) is 0.169. The summed E-state index contributed by atoms with van der Waals surface area (Å²) in [4.78, 5) is 13.6. The zero-order chi connectivity index (χ0) is 13.6. The molecule has 4 fully saturated rings. The number of amides is 2. The summed E-state index contributed by atoms with van der Waals surface area (Å²) < 4.78 is 0. The molecule has 0 aromatic carbocycles. The minimum atomic E-state index is 0.00574. The second-order valence-electron chi connectivity index (χ2n) is 7.41.